The second-order valence-corrected chi connectivity index (χ2v) is 14.7. The Hall–Kier alpha value is -7.41. The molecule has 1 aliphatic heterocycles. The fourth-order valence-corrected chi connectivity index (χ4v) is 8.92. The third-order valence-electron chi connectivity index (χ3n) is 11.5. The number of benzene rings is 8. The zero-order chi connectivity index (χ0) is 37.5. The van der Waals surface area contributed by atoms with E-state index in [0.29, 0.717) is 0 Å². The molecule has 270 valence electrons. The summed E-state index contributed by atoms with van der Waals surface area (Å²) >= 11 is 0. The zero-order valence-corrected chi connectivity index (χ0v) is 30.7. The smallest absolute Gasteiger partial charge is 0.159 e. The van der Waals surface area contributed by atoms with E-state index >= 15 is 0 Å². The largest absolute Gasteiger partial charge is 0.455 e. The summed E-state index contributed by atoms with van der Waals surface area (Å²) in [5.74, 6) is 0.848. The molecule has 57 heavy (non-hydrogen) atoms. The molecule has 0 fully saturated rings. The highest BCUT2D eigenvalue weighted by molar-refractivity contribution is 6.15. The summed E-state index contributed by atoms with van der Waals surface area (Å²) in [4.78, 5) is 5.27. The second kappa shape index (κ2) is 12.6. The van der Waals surface area contributed by atoms with E-state index in [9.17, 15) is 0 Å². The van der Waals surface area contributed by atoms with Crippen molar-refractivity contribution < 1.29 is 8.83 Å². The van der Waals surface area contributed by atoms with Crippen molar-refractivity contribution >= 4 is 71.5 Å². The summed E-state index contributed by atoms with van der Waals surface area (Å²) in [7, 11) is 0. The summed E-state index contributed by atoms with van der Waals surface area (Å²) in [6.07, 6.45) is -0.461. The molecule has 0 aliphatic carbocycles. The Balaban J connectivity index is 1.00. The van der Waals surface area contributed by atoms with Gasteiger partial charge in [-0.2, -0.15) is 0 Å². The predicted octanol–water partition coefficient (Wildman–Crippen LogP) is 12.6. The van der Waals surface area contributed by atoms with Gasteiger partial charge in [0.05, 0.1) is 16.7 Å². The monoisotopic (exact) mass is 734 g/mol. The first-order valence-corrected chi connectivity index (χ1v) is 19.4. The SMILES string of the molecule is c1ccc(C2=NC(c3cccc4oc5c(-c6ccc7oc8c(-n9c%10ccccc%10c%10ccccc%109)cccc8c7c6)cccc5c34)NC(c3ccccc3)N2)cc1. The molecular weight excluding hydrogens is 701 g/mol. The number of aliphatic imine (C=N–C) groups is 1. The lowest BCUT2D eigenvalue weighted by Gasteiger charge is -2.32. The Kier molecular flexibility index (Phi) is 7.03. The zero-order valence-electron chi connectivity index (χ0n) is 30.7. The Morgan fingerprint density at radius 2 is 1.16 bits per heavy atom. The van der Waals surface area contributed by atoms with Gasteiger partial charge in [0.15, 0.2) is 5.58 Å². The van der Waals surface area contributed by atoms with Crippen LogP contribution in [0.1, 0.15) is 29.0 Å². The van der Waals surface area contributed by atoms with E-state index < -0.39 is 0 Å². The maximum atomic E-state index is 6.80. The van der Waals surface area contributed by atoms with Gasteiger partial charge in [0.25, 0.3) is 0 Å². The van der Waals surface area contributed by atoms with Crippen molar-refractivity contribution in [3.05, 3.63) is 199 Å². The van der Waals surface area contributed by atoms with E-state index in [2.05, 4.69) is 173 Å². The van der Waals surface area contributed by atoms with Crippen LogP contribution in [-0.2, 0) is 0 Å². The molecule has 1 aliphatic rings. The number of hydrogen-bond acceptors (Lipinski definition) is 5. The highest BCUT2D eigenvalue weighted by Crippen LogP contribution is 2.43. The van der Waals surface area contributed by atoms with E-state index in [1.54, 1.807) is 0 Å². The number of amidine groups is 1. The topological polar surface area (TPSA) is 67.6 Å². The standard InChI is InChI=1S/C51H34N4O2/c1-3-14-31(15-4-1)49-52-50(32-16-5-2-6-17-32)54-51(53-49)39-23-13-27-45-46(39)38-22-11-20-34(47(38)57-45)33-28-29-44-40(30-33)37-21-12-26-43(48(37)56-44)55-41-24-9-7-18-35(41)36-19-8-10-25-42(36)55/h1-30,49,51,53H,(H,52,54). The lowest BCUT2D eigenvalue weighted by Crippen LogP contribution is -2.44. The van der Waals surface area contributed by atoms with Gasteiger partial charge in [0.2, 0.25) is 0 Å². The van der Waals surface area contributed by atoms with Crippen LogP contribution in [0.4, 0.5) is 0 Å². The van der Waals surface area contributed by atoms with Gasteiger partial charge in [-0.25, -0.2) is 4.99 Å². The molecule has 11 aromatic rings. The number of aromatic nitrogens is 1. The molecule has 2 atom stereocenters. The fourth-order valence-electron chi connectivity index (χ4n) is 8.92. The molecule has 0 saturated carbocycles. The summed E-state index contributed by atoms with van der Waals surface area (Å²) in [5.41, 5.74) is 12.0. The summed E-state index contributed by atoms with van der Waals surface area (Å²) < 4.78 is 15.9. The van der Waals surface area contributed by atoms with Crippen molar-refractivity contribution in [2.75, 3.05) is 0 Å². The van der Waals surface area contributed by atoms with Gasteiger partial charge in [0.1, 0.15) is 34.9 Å². The normalized spacial score (nSPS) is 15.9. The molecule has 6 heteroatoms. The molecule has 3 aromatic heterocycles. The van der Waals surface area contributed by atoms with Crippen molar-refractivity contribution in [1.29, 1.82) is 0 Å². The fraction of sp³-hybridized carbons (Fsp3) is 0.0392. The third-order valence-corrected chi connectivity index (χ3v) is 11.5. The van der Waals surface area contributed by atoms with Crippen LogP contribution >= 0.6 is 0 Å². The Labute approximate surface area is 327 Å². The van der Waals surface area contributed by atoms with E-state index in [1.165, 1.54) is 10.8 Å². The molecule has 6 nitrogen and oxygen atoms in total. The Morgan fingerprint density at radius 1 is 0.491 bits per heavy atom. The maximum absolute atomic E-state index is 6.80. The van der Waals surface area contributed by atoms with Crippen LogP contribution < -0.4 is 10.6 Å². The molecule has 0 amide bonds. The van der Waals surface area contributed by atoms with Crippen LogP contribution in [0.25, 0.3) is 82.5 Å². The second-order valence-electron chi connectivity index (χ2n) is 14.7. The molecule has 0 saturated heterocycles. The highest BCUT2D eigenvalue weighted by Gasteiger charge is 2.28. The minimum Gasteiger partial charge on any atom is -0.455 e. The molecule has 12 rings (SSSR count). The predicted molar refractivity (Wildman–Crippen MR) is 232 cm³/mol. The summed E-state index contributed by atoms with van der Waals surface area (Å²) in [6, 6.07) is 63.6. The third kappa shape index (κ3) is 4.98. The van der Waals surface area contributed by atoms with Crippen LogP contribution in [0.5, 0.6) is 0 Å². The van der Waals surface area contributed by atoms with Gasteiger partial charge >= 0.3 is 0 Å². The molecule has 4 heterocycles. The van der Waals surface area contributed by atoms with Crippen LogP contribution in [0.2, 0.25) is 0 Å². The lowest BCUT2D eigenvalue weighted by molar-refractivity contribution is 0.410. The minimum absolute atomic E-state index is 0.139. The van der Waals surface area contributed by atoms with Gasteiger partial charge in [0, 0.05) is 49.0 Å². The van der Waals surface area contributed by atoms with Crippen molar-refractivity contribution in [1.82, 2.24) is 15.2 Å². The minimum atomic E-state index is -0.322. The Bertz CT molecular complexity index is 3320. The molecule has 2 unspecified atom stereocenters. The van der Waals surface area contributed by atoms with Crippen molar-refractivity contribution in [3.63, 3.8) is 0 Å². The van der Waals surface area contributed by atoms with Gasteiger partial charge in [-0.15, -0.1) is 0 Å². The van der Waals surface area contributed by atoms with E-state index in [0.717, 1.165) is 94.3 Å². The van der Waals surface area contributed by atoms with Crippen molar-refractivity contribution in [3.8, 4) is 16.8 Å². The number of nitrogens with zero attached hydrogens (tertiary/aromatic N) is 2. The van der Waals surface area contributed by atoms with Crippen LogP contribution in [-0.4, -0.2) is 10.4 Å². The number of furan rings is 2. The van der Waals surface area contributed by atoms with E-state index in [4.69, 9.17) is 13.8 Å². The number of hydrogen-bond donors (Lipinski definition) is 2. The lowest BCUT2D eigenvalue weighted by atomic mass is 9.98. The van der Waals surface area contributed by atoms with Crippen LogP contribution in [0.15, 0.2) is 196 Å². The molecule has 8 aromatic carbocycles. The first-order chi connectivity index (χ1) is 28.3. The van der Waals surface area contributed by atoms with Gasteiger partial charge in [-0.05, 0) is 47.5 Å². The molecular formula is C51H34N4O2. The molecule has 0 spiro atoms. The molecule has 2 N–H and O–H groups in total. The van der Waals surface area contributed by atoms with E-state index in [-0.39, 0.29) is 12.3 Å². The van der Waals surface area contributed by atoms with Gasteiger partial charge in [-0.1, -0.05) is 146 Å². The summed E-state index contributed by atoms with van der Waals surface area (Å²) in [6.45, 7) is 0. The van der Waals surface area contributed by atoms with Crippen molar-refractivity contribution in [2.45, 2.75) is 12.3 Å². The molecule has 0 radical (unpaired) electrons. The number of rotatable bonds is 5. The van der Waals surface area contributed by atoms with Crippen molar-refractivity contribution in [2.24, 2.45) is 4.99 Å². The first kappa shape index (κ1) is 31.9. The number of fused-ring (bicyclic) bond motifs is 9. The summed E-state index contributed by atoms with van der Waals surface area (Å²) in [5, 5.41) is 14.1. The van der Waals surface area contributed by atoms with Gasteiger partial charge < -0.3 is 18.7 Å². The maximum Gasteiger partial charge on any atom is 0.159 e. The average molecular weight is 735 g/mol. The molecule has 0 bridgehead atoms. The number of nitrogens with one attached hydrogen (secondary N) is 2. The average Bonchev–Trinajstić information content (AvgIpc) is 3.96. The quantitative estimate of drug-likeness (QED) is 0.185. The Morgan fingerprint density at radius 3 is 1.96 bits per heavy atom. The van der Waals surface area contributed by atoms with E-state index in [1.807, 2.05) is 24.3 Å². The van der Waals surface area contributed by atoms with Crippen LogP contribution in [0, 0.1) is 0 Å². The number of para-hydroxylation sites is 4. The first-order valence-electron chi connectivity index (χ1n) is 19.4. The van der Waals surface area contributed by atoms with Crippen LogP contribution in [0.3, 0.4) is 0 Å². The van der Waals surface area contributed by atoms with Gasteiger partial charge in [-0.3, -0.25) is 5.32 Å². The highest BCUT2D eigenvalue weighted by atomic mass is 16.3.